The van der Waals surface area contributed by atoms with Gasteiger partial charge in [0.2, 0.25) is 6.33 Å². The Balaban J connectivity index is 0.000000437. The standard InChI is InChI=1S/C9H17N2O.BF4/c1-2-3-4-10-5-6-11(9-10)7-8-12;2-1(3,4)5/h5-6,9,12H,2-4,7-8H2,1H3;/q+1;-1. The number of rotatable bonds is 5. The minimum absolute atomic E-state index is 0.211. The van der Waals surface area contributed by atoms with E-state index in [9.17, 15) is 17.3 Å². The van der Waals surface area contributed by atoms with Crippen LogP contribution in [0.25, 0.3) is 0 Å². The maximum absolute atomic E-state index is 9.75. The number of hydrogen-bond donors (Lipinski definition) is 1. The second kappa shape index (κ2) is 8.11. The molecule has 0 fully saturated rings. The topological polar surface area (TPSA) is 29.0 Å². The molecule has 1 aromatic heterocycles. The van der Waals surface area contributed by atoms with Crippen LogP contribution in [0.1, 0.15) is 19.8 Å². The van der Waals surface area contributed by atoms with Crippen LogP contribution < -0.4 is 4.57 Å². The van der Waals surface area contributed by atoms with Crippen molar-refractivity contribution in [1.29, 1.82) is 0 Å². The summed E-state index contributed by atoms with van der Waals surface area (Å²) in [6.07, 6.45) is 8.51. The summed E-state index contributed by atoms with van der Waals surface area (Å²) < 4.78 is 43.1. The van der Waals surface area contributed by atoms with E-state index in [0.29, 0.717) is 6.54 Å². The molecule has 1 heterocycles. The Kier molecular flexibility index (Phi) is 7.61. The molecular weight excluding hydrogens is 239 g/mol. The average molecular weight is 256 g/mol. The first kappa shape index (κ1) is 16.0. The van der Waals surface area contributed by atoms with Crippen LogP contribution in [0, 0.1) is 0 Å². The molecule has 1 rings (SSSR count). The number of halogens is 4. The zero-order valence-corrected chi connectivity index (χ0v) is 9.70. The van der Waals surface area contributed by atoms with Crippen molar-refractivity contribution in [1.82, 2.24) is 4.57 Å². The Morgan fingerprint density at radius 1 is 1.29 bits per heavy atom. The molecule has 0 aromatic carbocycles. The predicted octanol–water partition coefficient (Wildman–Crippen LogP) is 1.87. The minimum Gasteiger partial charge on any atom is -0.418 e. The van der Waals surface area contributed by atoms with Gasteiger partial charge >= 0.3 is 7.25 Å². The van der Waals surface area contributed by atoms with Crippen molar-refractivity contribution in [2.45, 2.75) is 32.9 Å². The Morgan fingerprint density at radius 3 is 2.35 bits per heavy atom. The highest BCUT2D eigenvalue weighted by Gasteiger charge is 2.20. The molecular formula is C9H17BF4N2O. The lowest BCUT2D eigenvalue weighted by molar-refractivity contribution is -0.696. The van der Waals surface area contributed by atoms with Gasteiger partial charge in [0.15, 0.2) is 0 Å². The molecule has 100 valence electrons. The van der Waals surface area contributed by atoms with Gasteiger partial charge in [-0.05, 0) is 6.42 Å². The number of nitrogens with zero attached hydrogens (tertiary/aromatic N) is 2. The van der Waals surface area contributed by atoms with Crippen LogP contribution in [-0.4, -0.2) is 23.5 Å². The van der Waals surface area contributed by atoms with Crippen molar-refractivity contribution >= 4 is 7.25 Å². The average Bonchev–Trinajstić information content (AvgIpc) is 2.61. The molecule has 3 nitrogen and oxygen atoms in total. The van der Waals surface area contributed by atoms with Crippen LogP contribution in [0.4, 0.5) is 17.3 Å². The van der Waals surface area contributed by atoms with E-state index in [1.807, 2.05) is 23.3 Å². The van der Waals surface area contributed by atoms with Crippen LogP contribution in [0.3, 0.4) is 0 Å². The molecule has 0 spiro atoms. The van der Waals surface area contributed by atoms with E-state index in [-0.39, 0.29) is 6.61 Å². The highest BCUT2D eigenvalue weighted by molar-refractivity contribution is 6.50. The first-order chi connectivity index (χ1) is 7.86. The van der Waals surface area contributed by atoms with Gasteiger partial charge in [-0.2, -0.15) is 0 Å². The molecule has 1 aromatic rings. The van der Waals surface area contributed by atoms with E-state index >= 15 is 0 Å². The summed E-state index contributed by atoms with van der Waals surface area (Å²) in [5.74, 6) is 0. The summed E-state index contributed by atoms with van der Waals surface area (Å²) in [7, 11) is -6.00. The smallest absolute Gasteiger partial charge is 0.418 e. The molecule has 0 amide bonds. The van der Waals surface area contributed by atoms with Crippen molar-refractivity contribution < 1.29 is 26.9 Å². The Hall–Kier alpha value is -1.05. The van der Waals surface area contributed by atoms with Crippen LogP contribution in [0.2, 0.25) is 0 Å². The molecule has 0 saturated carbocycles. The van der Waals surface area contributed by atoms with Crippen LogP contribution in [-0.2, 0) is 13.1 Å². The molecule has 8 heteroatoms. The van der Waals surface area contributed by atoms with Crippen molar-refractivity contribution in [2.24, 2.45) is 0 Å². The Bertz CT molecular complexity index is 297. The molecule has 0 bridgehead atoms. The van der Waals surface area contributed by atoms with E-state index in [1.165, 1.54) is 12.8 Å². The van der Waals surface area contributed by atoms with Crippen molar-refractivity contribution in [3.8, 4) is 0 Å². The lowest BCUT2D eigenvalue weighted by atomic mass is 10.3. The van der Waals surface area contributed by atoms with Crippen molar-refractivity contribution in [3.05, 3.63) is 18.7 Å². The number of hydrogen-bond acceptors (Lipinski definition) is 1. The Labute approximate surface area is 97.8 Å². The highest BCUT2D eigenvalue weighted by Crippen LogP contribution is 2.06. The molecule has 1 N–H and O–H groups in total. The zero-order chi connectivity index (χ0) is 13.3. The van der Waals surface area contributed by atoms with Crippen LogP contribution in [0.15, 0.2) is 18.7 Å². The maximum atomic E-state index is 9.75. The summed E-state index contributed by atoms with van der Waals surface area (Å²) >= 11 is 0. The number of aliphatic hydroxyl groups is 1. The number of unbranched alkanes of at least 4 members (excludes halogenated alkanes) is 1. The highest BCUT2D eigenvalue weighted by atomic mass is 19.5. The number of aromatic nitrogens is 2. The molecule has 0 unspecified atom stereocenters. The van der Waals surface area contributed by atoms with Crippen molar-refractivity contribution in [2.75, 3.05) is 6.61 Å². The maximum Gasteiger partial charge on any atom is 0.673 e. The van der Waals surface area contributed by atoms with E-state index < -0.39 is 7.25 Å². The molecule has 17 heavy (non-hydrogen) atoms. The van der Waals surface area contributed by atoms with Gasteiger partial charge in [-0.3, -0.25) is 0 Å². The van der Waals surface area contributed by atoms with E-state index in [0.717, 1.165) is 6.54 Å². The van der Waals surface area contributed by atoms with Crippen LogP contribution in [0.5, 0.6) is 0 Å². The van der Waals surface area contributed by atoms with E-state index in [4.69, 9.17) is 5.11 Å². The summed E-state index contributed by atoms with van der Waals surface area (Å²) in [4.78, 5) is 0. The normalized spacial score (nSPS) is 10.9. The first-order valence-electron chi connectivity index (χ1n) is 5.39. The van der Waals surface area contributed by atoms with Gasteiger partial charge in [0, 0.05) is 0 Å². The summed E-state index contributed by atoms with van der Waals surface area (Å²) in [6, 6.07) is 0. The largest absolute Gasteiger partial charge is 0.673 e. The fraction of sp³-hybridized carbons (Fsp3) is 0.667. The predicted molar refractivity (Wildman–Crippen MR) is 56.8 cm³/mol. The minimum atomic E-state index is -6.00. The van der Waals surface area contributed by atoms with Gasteiger partial charge in [0.1, 0.15) is 18.9 Å². The lowest BCUT2D eigenvalue weighted by Crippen LogP contribution is -2.30. The van der Waals surface area contributed by atoms with Crippen LogP contribution >= 0.6 is 0 Å². The first-order valence-corrected chi connectivity index (χ1v) is 5.39. The van der Waals surface area contributed by atoms with Gasteiger partial charge in [0.25, 0.3) is 0 Å². The third-order valence-corrected chi connectivity index (χ3v) is 1.87. The number of imidazole rings is 1. The molecule has 0 aliphatic rings. The van der Waals surface area contributed by atoms with Gasteiger partial charge < -0.3 is 22.4 Å². The van der Waals surface area contributed by atoms with Crippen molar-refractivity contribution in [3.63, 3.8) is 0 Å². The van der Waals surface area contributed by atoms with Gasteiger partial charge in [-0.15, -0.1) is 0 Å². The second-order valence-electron chi connectivity index (χ2n) is 3.46. The van der Waals surface area contributed by atoms with E-state index in [1.54, 1.807) is 0 Å². The van der Waals surface area contributed by atoms with E-state index in [2.05, 4.69) is 11.5 Å². The molecule has 0 aliphatic heterocycles. The molecule has 0 radical (unpaired) electrons. The quantitative estimate of drug-likeness (QED) is 0.486. The zero-order valence-electron chi connectivity index (χ0n) is 9.70. The van der Waals surface area contributed by atoms with Gasteiger partial charge in [-0.25, -0.2) is 9.13 Å². The molecule has 0 saturated heterocycles. The fourth-order valence-electron chi connectivity index (χ4n) is 1.16. The number of aryl methyl sites for hydroxylation is 1. The Morgan fingerprint density at radius 2 is 1.88 bits per heavy atom. The molecule has 0 aliphatic carbocycles. The SMILES string of the molecule is CCCC[n+]1ccn(CCO)c1.F[B-](F)(F)F. The number of aliphatic hydroxyl groups excluding tert-OH is 1. The summed E-state index contributed by atoms with van der Waals surface area (Å²) in [6.45, 7) is 4.17. The second-order valence-corrected chi connectivity index (χ2v) is 3.46. The molecule has 0 atom stereocenters. The monoisotopic (exact) mass is 256 g/mol. The third kappa shape index (κ3) is 11.2. The fourth-order valence-corrected chi connectivity index (χ4v) is 1.16. The van der Waals surface area contributed by atoms with Gasteiger partial charge in [-0.1, -0.05) is 13.3 Å². The summed E-state index contributed by atoms with van der Waals surface area (Å²) in [5.41, 5.74) is 0. The third-order valence-electron chi connectivity index (χ3n) is 1.87. The lowest BCUT2D eigenvalue weighted by Gasteiger charge is -1.94. The summed E-state index contributed by atoms with van der Waals surface area (Å²) in [5, 5.41) is 8.67. The van der Waals surface area contributed by atoms with Gasteiger partial charge in [0.05, 0.1) is 13.2 Å².